The van der Waals surface area contributed by atoms with Gasteiger partial charge in [0.25, 0.3) is 5.91 Å². The van der Waals surface area contributed by atoms with Crippen LogP contribution >= 0.6 is 0 Å². The lowest BCUT2D eigenvalue weighted by Crippen LogP contribution is -2.14. The molecule has 0 aromatic heterocycles. The largest absolute Gasteiger partial charge is 0.491 e. The van der Waals surface area contributed by atoms with Gasteiger partial charge < -0.3 is 19.9 Å². The maximum Gasteiger partial charge on any atom is 0.335 e. The van der Waals surface area contributed by atoms with Crippen LogP contribution in [0, 0.1) is 10.1 Å². The zero-order chi connectivity index (χ0) is 20.0. The molecule has 0 aliphatic heterocycles. The number of hydrogen-bond acceptors (Lipinski definition) is 6. The topological polar surface area (TPSA) is 128 Å². The molecular weight excluding hydrogens is 356 g/mol. The van der Waals surface area contributed by atoms with Crippen LogP contribution in [0.1, 0.15) is 34.1 Å². The van der Waals surface area contributed by atoms with Gasteiger partial charge in [-0.1, -0.05) is 6.92 Å². The van der Waals surface area contributed by atoms with Gasteiger partial charge in [-0.25, -0.2) is 4.79 Å². The normalized spacial score (nSPS) is 10.1. The molecule has 0 fully saturated rings. The lowest BCUT2D eigenvalue weighted by molar-refractivity contribution is -0.385. The van der Waals surface area contributed by atoms with E-state index in [4.69, 9.17) is 14.6 Å². The van der Waals surface area contributed by atoms with E-state index < -0.39 is 16.8 Å². The summed E-state index contributed by atoms with van der Waals surface area (Å²) in [5.74, 6) is -1.48. The van der Waals surface area contributed by atoms with Gasteiger partial charge in [-0.15, -0.1) is 0 Å². The number of hydrogen-bond donors (Lipinski definition) is 2. The molecule has 27 heavy (non-hydrogen) atoms. The number of carboxylic acids is 1. The number of anilines is 1. The highest BCUT2D eigenvalue weighted by atomic mass is 16.6. The molecule has 9 heteroatoms. The van der Waals surface area contributed by atoms with Crippen LogP contribution in [0.3, 0.4) is 0 Å². The van der Waals surface area contributed by atoms with E-state index in [1.54, 1.807) is 0 Å². The molecule has 0 spiro atoms. The van der Waals surface area contributed by atoms with Gasteiger partial charge in [-0.05, 0) is 30.7 Å². The number of aromatic carboxylic acids is 1. The van der Waals surface area contributed by atoms with Crippen molar-refractivity contribution in [2.75, 3.05) is 19.0 Å². The molecule has 0 aliphatic rings. The van der Waals surface area contributed by atoms with E-state index in [1.807, 2.05) is 6.92 Å². The Bertz CT molecular complexity index is 880. The molecule has 2 aromatic rings. The minimum atomic E-state index is -1.15. The fourth-order valence-electron chi connectivity index (χ4n) is 2.26. The van der Waals surface area contributed by atoms with Crippen molar-refractivity contribution in [2.24, 2.45) is 0 Å². The van der Waals surface area contributed by atoms with E-state index in [-0.39, 0.29) is 28.3 Å². The van der Waals surface area contributed by atoms with Crippen LogP contribution in [0.2, 0.25) is 0 Å². The number of carbonyl (C=O) groups is 2. The number of nitrogens with zero attached hydrogens (tertiary/aromatic N) is 1. The number of nitro groups is 1. The second-order valence-corrected chi connectivity index (χ2v) is 5.46. The molecule has 0 saturated carbocycles. The molecule has 2 rings (SSSR count). The molecule has 9 nitrogen and oxygen atoms in total. The predicted molar refractivity (Wildman–Crippen MR) is 96.8 cm³/mol. The van der Waals surface area contributed by atoms with Crippen molar-refractivity contribution in [3.8, 4) is 11.5 Å². The minimum Gasteiger partial charge on any atom is -0.491 e. The van der Waals surface area contributed by atoms with Crippen molar-refractivity contribution in [2.45, 2.75) is 13.3 Å². The molecule has 1 amide bonds. The quantitative estimate of drug-likeness (QED) is 0.535. The fourth-order valence-corrected chi connectivity index (χ4v) is 2.26. The van der Waals surface area contributed by atoms with Crippen molar-refractivity contribution in [3.63, 3.8) is 0 Å². The van der Waals surface area contributed by atoms with Crippen molar-refractivity contribution >= 4 is 23.3 Å². The number of nitro benzene ring substituents is 1. The van der Waals surface area contributed by atoms with Crippen LogP contribution in [-0.2, 0) is 0 Å². The van der Waals surface area contributed by atoms with Gasteiger partial charge in [0.2, 0.25) is 0 Å². The third-order valence-electron chi connectivity index (χ3n) is 3.58. The summed E-state index contributed by atoms with van der Waals surface area (Å²) >= 11 is 0. The Morgan fingerprint density at radius 2 is 1.85 bits per heavy atom. The first-order valence-electron chi connectivity index (χ1n) is 8.01. The molecule has 0 unspecified atom stereocenters. The van der Waals surface area contributed by atoms with Gasteiger partial charge in [-0.2, -0.15) is 0 Å². The summed E-state index contributed by atoms with van der Waals surface area (Å²) in [6, 6.07) is 7.80. The molecule has 0 atom stereocenters. The second kappa shape index (κ2) is 8.65. The Balaban J connectivity index is 2.34. The van der Waals surface area contributed by atoms with Crippen molar-refractivity contribution < 1.29 is 29.1 Å². The molecule has 0 radical (unpaired) electrons. The van der Waals surface area contributed by atoms with E-state index in [0.29, 0.717) is 12.4 Å². The first-order chi connectivity index (χ1) is 12.9. The molecule has 2 N–H and O–H groups in total. The summed E-state index contributed by atoms with van der Waals surface area (Å²) in [4.78, 5) is 34.1. The molecule has 142 valence electrons. The summed E-state index contributed by atoms with van der Waals surface area (Å²) in [5, 5.41) is 22.7. The Labute approximate surface area is 154 Å². The van der Waals surface area contributed by atoms with E-state index in [1.165, 1.54) is 37.4 Å². The van der Waals surface area contributed by atoms with Crippen LogP contribution in [0.4, 0.5) is 11.4 Å². The first kappa shape index (κ1) is 19.7. The van der Waals surface area contributed by atoms with E-state index in [2.05, 4.69) is 5.32 Å². The number of benzene rings is 2. The van der Waals surface area contributed by atoms with Crippen LogP contribution < -0.4 is 14.8 Å². The van der Waals surface area contributed by atoms with Gasteiger partial charge in [0.05, 0.1) is 29.9 Å². The SMILES string of the molecule is CCCOc1ccc(C(=O)O)cc1NC(=O)c1ccc([N+](=O)[O-])c(OC)c1. The molecule has 0 heterocycles. The Morgan fingerprint density at radius 1 is 1.15 bits per heavy atom. The number of ether oxygens (including phenoxy) is 2. The number of rotatable bonds is 8. The Kier molecular flexibility index (Phi) is 6.32. The summed E-state index contributed by atoms with van der Waals surface area (Å²) < 4.78 is 10.5. The van der Waals surface area contributed by atoms with Gasteiger partial charge in [0.1, 0.15) is 5.75 Å². The standard InChI is InChI=1S/C18H18N2O7/c1-3-8-27-15-7-5-12(18(22)23)9-13(15)19-17(21)11-4-6-14(20(24)25)16(10-11)26-2/h4-7,9-10H,3,8H2,1-2H3,(H,19,21)(H,22,23). The van der Waals surface area contributed by atoms with E-state index in [0.717, 1.165) is 12.5 Å². The summed E-state index contributed by atoms with van der Waals surface area (Å²) in [6.07, 6.45) is 0.730. The maximum absolute atomic E-state index is 12.5. The fraction of sp³-hybridized carbons (Fsp3) is 0.222. The number of methoxy groups -OCH3 is 1. The highest BCUT2D eigenvalue weighted by molar-refractivity contribution is 6.06. The summed E-state index contributed by atoms with van der Waals surface area (Å²) in [7, 11) is 1.26. The number of amides is 1. The minimum absolute atomic E-state index is 0.0181. The zero-order valence-corrected chi connectivity index (χ0v) is 14.7. The molecular formula is C18H18N2O7. The van der Waals surface area contributed by atoms with Gasteiger partial charge in [0.15, 0.2) is 5.75 Å². The third-order valence-corrected chi connectivity index (χ3v) is 3.58. The molecule has 2 aromatic carbocycles. The lowest BCUT2D eigenvalue weighted by Gasteiger charge is -2.13. The first-order valence-corrected chi connectivity index (χ1v) is 8.01. The molecule has 0 aliphatic carbocycles. The lowest BCUT2D eigenvalue weighted by atomic mass is 10.1. The van der Waals surface area contributed by atoms with Crippen LogP contribution in [-0.4, -0.2) is 35.6 Å². The van der Waals surface area contributed by atoms with Crippen molar-refractivity contribution in [1.82, 2.24) is 0 Å². The second-order valence-electron chi connectivity index (χ2n) is 5.46. The Hall–Kier alpha value is -3.62. The van der Waals surface area contributed by atoms with Gasteiger partial charge >= 0.3 is 11.7 Å². The smallest absolute Gasteiger partial charge is 0.335 e. The number of carboxylic acid groups (broad SMARTS) is 1. The summed E-state index contributed by atoms with van der Waals surface area (Å²) in [6.45, 7) is 2.30. The van der Waals surface area contributed by atoms with Crippen LogP contribution in [0.5, 0.6) is 11.5 Å². The number of carbonyl (C=O) groups excluding carboxylic acids is 1. The average Bonchev–Trinajstić information content (AvgIpc) is 2.66. The van der Waals surface area contributed by atoms with Gasteiger partial charge in [0, 0.05) is 17.7 Å². The van der Waals surface area contributed by atoms with Crippen LogP contribution in [0.25, 0.3) is 0 Å². The molecule has 0 bridgehead atoms. The molecule has 0 saturated heterocycles. The van der Waals surface area contributed by atoms with Gasteiger partial charge in [-0.3, -0.25) is 14.9 Å². The van der Waals surface area contributed by atoms with E-state index >= 15 is 0 Å². The van der Waals surface area contributed by atoms with E-state index in [9.17, 15) is 19.7 Å². The zero-order valence-electron chi connectivity index (χ0n) is 14.7. The van der Waals surface area contributed by atoms with Crippen molar-refractivity contribution in [3.05, 3.63) is 57.6 Å². The average molecular weight is 374 g/mol. The van der Waals surface area contributed by atoms with Crippen molar-refractivity contribution in [1.29, 1.82) is 0 Å². The maximum atomic E-state index is 12.5. The Morgan fingerprint density at radius 3 is 2.44 bits per heavy atom. The highest BCUT2D eigenvalue weighted by Crippen LogP contribution is 2.30. The number of nitrogens with one attached hydrogen (secondary N) is 1. The monoisotopic (exact) mass is 374 g/mol. The highest BCUT2D eigenvalue weighted by Gasteiger charge is 2.19. The van der Waals surface area contributed by atoms with Crippen LogP contribution in [0.15, 0.2) is 36.4 Å². The summed E-state index contributed by atoms with van der Waals surface area (Å²) in [5.41, 5.74) is 0.00890. The predicted octanol–water partition coefficient (Wildman–Crippen LogP) is 3.34. The third kappa shape index (κ3) is 4.72.